The predicted octanol–water partition coefficient (Wildman–Crippen LogP) is 3.85. The third kappa shape index (κ3) is 4.57. The molecule has 0 radical (unpaired) electrons. The third-order valence-corrected chi connectivity index (χ3v) is 4.57. The number of benzene rings is 1. The summed E-state index contributed by atoms with van der Waals surface area (Å²) in [5, 5.41) is 4.48. The van der Waals surface area contributed by atoms with Crippen molar-refractivity contribution in [1.82, 2.24) is 19.7 Å². The Morgan fingerprint density at radius 3 is 2.71 bits per heavy atom. The lowest BCUT2D eigenvalue weighted by Gasteiger charge is -2.23. The largest absolute Gasteiger partial charge is 0.496 e. The first-order chi connectivity index (χ1) is 13.6. The molecule has 3 aromatic rings. The van der Waals surface area contributed by atoms with Gasteiger partial charge in [0.1, 0.15) is 5.75 Å². The summed E-state index contributed by atoms with van der Waals surface area (Å²) in [4.78, 5) is 19.4. The fourth-order valence-corrected chi connectivity index (χ4v) is 3.19. The van der Waals surface area contributed by atoms with Crippen molar-refractivity contribution in [1.29, 1.82) is 0 Å². The molecule has 0 fully saturated rings. The molecule has 2 heterocycles. The van der Waals surface area contributed by atoms with Crippen molar-refractivity contribution in [3.8, 4) is 5.75 Å². The van der Waals surface area contributed by atoms with Crippen LogP contribution in [-0.4, -0.2) is 32.7 Å². The van der Waals surface area contributed by atoms with Crippen LogP contribution in [0.25, 0.3) is 0 Å². The van der Waals surface area contributed by atoms with E-state index in [1.807, 2.05) is 59.1 Å². The van der Waals surface area contributed by atoms with Gasteiger partial charge < -0.3 is 9.64 Å². The fourth-order valence-electron chi connectivity index (χ4n) is 3.19. The molecular weight excluding hydrogens is 352 g/mol. The first-order valence-corrected chi connectivity index (χ1v) is 9.46. The van der Waals surface area contributed by atoms with E-state index >= 15 is 0 Å². The molecule has 146 valence electrons. The Bertz CT molecular complexity index is 921. The molecule has 0 aliphatic rings. The van der Waals surface area contributed by atoms with Crippen LogP contribution in [0.3, 0.4) is 0 Å². The highest BCUT2D eigenvalue weighted by molar-refractivity contribution is 5.95. The van der Waals surface area contributed by atoms with Gasteiger partial charge in [-0.05, 0) is 31.0 Å². The number of hydrogen-bond donors (Lipinski definition) is 0. The van der Waals surface area contributed by atoms with E-state index in [1.54, 1.807) is 19.5 Å². The number of carbonyl (C=O) groups is 1. The lowest BCUT2D eigenvalue weighted by molar-refractivity contribution is 0.0728. The van der Waals surface area contributed by atoms with Crippen LogP contribution in [0, 0.1) is 6.92 Å². The second-order valence-electron chi connectivity index (χ2n) is 6.73. The van der Waals surface area contributed by atoms with Crippen molar-refractivity contribution in [2.24, 2.45) is 0 Å². The summed E-state index contributed by atoms with van der Waals surface area (Å²) in [6.07, 6.45) is 6.33. The number of aryl methyl sites for hydroxylation is 2. The average molecular weight is 378 g/mol. The lowest BCUT2D eigenvalue weighted by Crippen LogP contribution is -2.30. The standard InChI is InChI=1S/C22H26N4O2/c1-4-12-26-16-20(17(2)24-26)22(27)25(14-18-8-7-11-23-13-18)15-19-9-5-6-10-21(19)28-3/h5-11,13,16H,4,12,14-15H2,1-3H3. The Hall–Kier alpha value is -3.15. The number of para-hydroxylation sites is 1. The molecule has 0 saturated heterocycles. The average Bonchev–Trinajstić information content (AvgIpc) is 3.08. The zero-order chi connectivity index (χ0) is 19.9. The van der Waals surface area contributed by atoms with Crippen LogP contribution in [0.2, 0.25) is 0 Å². The van der Waals surface area contributed by atoms with Gasteiger partial charge in [-0.1, -0.05) is 31.2 Å². The molecule has 0 atom stereocenters. The molecule has 2 aromatic heterocycles. The van der Waals surface area contributed by atoms with Crippen molar-refractivity contribution < 1.29 is 9.53 Å². The summed E-state index contributed by atoms with van der Waals surface area (Å²) >= 11 is 0. The van der Waals surface area contributed by atoms with E-state index in [1.165, 1.54) is 0 Å². The van der Waals surface area contributed by atoms with E-state index in [-0.39, 0.29) is 5.91 Å². The number of methoxy groups -OCH3 is 1. The molecule has 0 bridgehead atoms. The van der Waals surface area contributed by atoms with Crippen LogP contribution in [0.15, 0.2) is 55.0 Å². The van der Waals surface area contributed by atoms with Crippen LogP contribution in [-0.2, 0) is 19.6 Å². The molecule has 3 rings (SSSR count). The summed E-state index contributed by atoms with van der Waals surface area (Å²) < 4.78 is 7.32. The first kappa shape index (κ1) is 19.6. The minimum Gasteiger partial charge on any atom is -0.496 e. The Balaban J connectivity index is 1.92. The molecule has 6 nitrogen and oxygen atoms in total. The van der Waals surface area contributed by atoms with E-state index in [0.29, 0.717) is 18.7 Å². The van der Waals surface area contributed by atoms with Gasteiger partial charge in [0.05, 0.1) is 18.4 Å². The van der Waals surface area contributed by atoms with E-state index in [9.17, 15) is 4.79 Å². The van der Waals surface area contributed by atoms with Gasteiger partial charge in [-0.2, -0.15) is 5.10 Å². The van der Waals surface area contributed by atoms with E-state index in [2.05, 4.69) is 17.0 Å². The van der Waals surface area contributed by atoms with Gasteiger partial charge in [-0.15, -0.1) is 0 Å². The molecule has 0 aliphatic heterocycles. The molecule has 0 N–H and O–H groups in total. The third-order valence-electron chi connectivity index (χ3n) is 4.57. The highest BCUT2D eigenvalue weighted by Crippen LogP contribution is 2.22. The number of ether oxygens (including phenoxy) is 1. The zero-order valence-corrected chi connectivity index (χ0v) is 16.6. The van der Waals surface area contributed by atoms with Gasteiger partial charge in [-0.3, -0.25) is 14.5 Å². The molecular formula is C22H26N4O2. The zero-order valence-electron chi connectivity index (χ0n) is 16.6. The number of hydrogen-bond acceptors (Lipinski definition) is 4. The number of nitrogens with zero attached hydrogens (tertiary/aromatic N) is 4. The van der Waals surface area contributed by atoms with E-state index < -0.39 is 0 Å². The van der Waals surface area contributed by atoms with Crippen LogP contribution >= 0.6 is 0 Å². The number of carbonyl (C=O) groups excluding carboxylic acids is 1. The SMILES string of the molecule is CCCn1cc(C(=O)N(Cc2cccnc2)Cc2ccccc2OC)c(C)n1. The van der Waals surface area contributed by atoms with Crippen LogP contribution < -0.4 is 4.74 Å². The maximum Gasteiger partial charge on any atom is 0.257 e. The molecule has 1 aromatic carbocycles. The minimum atomic E-state index is -0.0467. The summed E-state index contributed by atoms with van der Waals surface area (Å²) in [5.41, 5.74) is 3.31. The summed E-state index contributed by atoms with van der Waals surface area (Å²) in [6, 6.07) is 11.6. The van der Waals surface area contributed by atoms with Crippen LogP contribution in [0.5, 0.6) is 5.75 Å². The van der Waals surface area contributed by atoms with Gasteiger partial charge in [0.25, 0.3) is 5.91 Å². The number of pyridine rings is 1. The Morgan fingerprint density at radius 2 is 2.00 bits per heavy atom. The van der Waals surface area contributed by atoms with Crippen molar-refractivity contribution in [3.63, 3.8) is 0 Å². The van der Waals surface area contributed by atoms with Crippen molar-refractivity contribution >= 4 is 5.91 Å². The summed E-state index contributed by atoms with van der Waals surface area (Å²) in [7, 11) is 1.64. The summed E-state index contributed by atoms with van der Waals surface area (Å²) in [5.74, 6) is 0.722. The Morgan fingerprint density at radius 1 is 1.18 bits per heavy atom. The van der Waals surface area contributed by atoms with E-state index in [4.69, 9.17) is 4.74 Å². The monoisotopic (exact) mass is 378 g/mol. The minimum absolute atomic E-state index is 0.0467. The van der Waals surface area contributed by atoms with Gasteiger partial charge in [0.15, 0.2) is 0 Å². The maximum absolute atomic E-state index is 13.4. The Labute approximate surface area is 165 Å². The van der Waals surface area contributed by atoms with Gasteiger partial charge in [0.2, 0.25) is 0 Å². The summed E-state index contributed by atoms with van der Waals surface area (Å²) in [6.45, 7) is 5.67. The highest BCUT2D eigenvalue weighted by Gasteiger charge is 2.22. The first-order valence-electron chi connectivity index (χ1n) is 9.46. The van der Waals surface area contributed by atoms with Gasteiger partial charge in [0, 0.05) is 43.8 Å². The highest BCUT2D eigenvalue weighted by atomic mass is 16.5. The molecule has 1 amide bonds. The van der Waals surface area contributed by atoms with Crippen molar-refractivity contribution in [3.05, 3.63) is 77.4 Å². The molecule has 0 aliphatic carbocycles. The predicted molar refractivity (Wildman–Crippen MR) is 108 cm³/mol. The van der Waals surface area contributed by atoms with Crippen LogP contribution in [0.1, 0.15) is 40.5 Å². The Kier molecular flexibility index (Phi) is 6.42. The van der Waals surface area contributed by atoms with Gasteiger partial charge >= 0.3 is 0 Å². The van der Waals surface area contributed by atoms with Crippen molar-refractivity contribution in [2.75, 3.05) is 7.11 Å². The molecule has 0 spiro atoms. The molecule has 0 saturated carbocycles. The number of rotatable bonds is 8. The fraction of sp³-hybridized carbons (Fsp3) is 0.318. The number of aromatic nitrogens is 3. The second kappa shape index (κ2) is 9.17. The second-order valence-corrected chi connectivity index (χ2v) is 6.73. The van der Waals surface area contributed by atoms with Crippen molar-refractivity contribution in [2.45, 2.75) is 39.9 Å². The molecule has 0 unspecified atom stereocenters. The quantitative estimate of drug-likeness (QED) is 0.597. The smallest absolute Gasteiger partial charge is 0.257 e. The topological polar surface area (TPSA) is 60.2 Å². The van der Waals surface area contributed by atoms with Gasteiger partial charge in [-0.25, -0.2) is 0 Å². The molecule has 6 heteroatoms. The maximum atomic E-state index is 13.4. The van der Waals surface area contributed by atoms with E-state index in [0.717, 1.165) is 35.5 Å². The normalized spacial score (nSPS) is 10.7. The number of amides is 1. The molecule has 28 heavy (non-hydrogen) atoms. The lowest BCUT2D eigenvalue weighted by atomic mass is 10.1. The van der Waals surface area contributed by atoms with Crippen LogP contribution in [0.4, 0.5) is 0 Å².